The predicted molar refractivity (Wildman–Crippen MR) is 129 cm³/mol. The van der Waals surface area contributed by atoms with Crippen molar-refractivity contribution >= 4 is 34.1 Å². The van der Waals surface area contributed by atoms with Crippen LogP contribution in [0.25, 0.3) is 10.8 Å². The van der Waals surface area contributed by atoms with Crippen molar-refractivity contribution in [3.05, 3.63) is 83.2 Å². The molecule has 1 aromatic heterocycles. The van der Waals surface area contributed by atoms with Crippen LogP contribution in [0.2, 0.25) is 0 Å². The van der Waals surface area contributed by atoms with Crippen LogP contribution in [-0.2, 0) is 6.61 Å². The van der Waals surface area contributed by atoms with E-state index in [-0.39, 0.29) is 18.5 Å². The van der Waals surface area contributed by atoms with Crippen LogP contribution in [0, 0.1) is 13.8 Å². The van der Waals surface area contributed by atoms with Crippen LogP contribution in [0.5, 0.6) is 5.75 Å². The highest BCUT2D eigenvalue weighted by atomic mass is 16.5. The molecule has 1 aliphatic rings. The van der Waals surface area contributed by atoms with Crippen LogP contribution in [-0.4, -0.2) is 30.2 Å². The second-order valence-corrected chi connectivity index (χ2v) is 8.17. The van der Waals surface area contributed by atoms with E-state index in [1.54, 1.807) is 17.0 Å². The van der Waals surface area contributed by atoms with Crippen molar-refractivity contribution in [3.63, 3.8) is 0 Å². The molecular weight excluding hydrogens is 432 g/mol. The summed E-state index contributed by atoms with van der Waals surface area (Å²) in [4.78, 5) is 26.8. The van der Waals surface area contributed by atoms with Crippen LogP contribution < -0.4 is 20.3 Å². The van der Waals surface area contributed by atoms with E-state index in [4.69, 9.17) is 9.26 Å². The van der Waals surface area contributed by atoms with Crippen molar-refractivity contribution in [1.29, 1.82) is 0 Å². The first-order valence-corrected chi connectivity index (χ1v) is 11.0. The zero-order chi connectivity index (χ0) is 23.7. The Morgan fingerprint density at radius 3 is 2.50 bits per heavy atom. The van der Waals surface area contributed by atoms with E-state index < -0.39 is 0 Å². The first kappa shape index (κ1) is 21.5. The SMILES string of the molecule is Cc1noc(C)c1COc1cc2ccccc2cc1C(=O)Nc1ccc(N2CCNC2=O)cc1. The Morgan fingerprint density at radius 2 is 1.85 bits per heavy atom. The lowest BCUT2D eigenvalue weighted by Crippen LogP contribution is -2.27. The third kappa shape index (κ3) is 4.17. The third-order valence-electron chi connectivity index (χ3n) is 5.94. The van der Waals surface area contributed by atoms with Crippen LogP contribution in [0.15, 0.2) is 65.2 Å². The number of carbonyl (C=O) groups excluding carboxylic acids is 2. The molecule has 1 saturated heterocycles. The standard InChI is InChI=1S/C26H24N4O4/c1-16-23(17(2)34-29-16)15-33-24-14-19-6-4-3-5-18(19)13-22(24)25(31)28-20-7-9-21(10-8-20)30-12-11-27-26(30)32/h3-10,13-14H,11-12,15H2,1-2H3,(H,27,32)(H,28,31). The van der Waals surface area contributed by atoms with Gasteiger partial charge in [-0.25, -0.2) is 4.79 Å². The first-order valence-electron chi connectivity index (χ1n) is 11.0. The molecule has 0 aliphatic carbocycles. The fourth-order valence-electron chi connectivity index (χ4n) is 4.02. The van der Waals surface area contributed by atoms with Gasteiger partial charge < -0.3 is 19.9 Å². The van der Waals surface area contributed by atoms with Crippen molar-refractivity contribution in [2.75, 3.05) is 23.3 Å². The zero-order valence-corrected chi connectivity index (χ0v) is 18.9. The zero-order valence-electron chi connectivity index (χ0n) is 18.9. The Morgan fingerprint density at radius 1 is 1.12 bits per heavy atom. The summed E-state index contributed by atoms with van der Waals surface area (Å²) in [5.41, 5.74) is 3.45. The van der Waals surface area contributed by atoms with E-state index in [0.29, 0.717) is 35.9 Å². The molecule has 2 heterocycles. The molecule has 0 radical (unpaired) electrons. The number of urea groups is 1. The summed E-state index contributed by atoms with van der Waals surface area (Å²) in [5, 5.41) is 11.6. The third-order valence-corrected chi connectivity index (χ3v) is 5.94. The van der Waals surface area contributed by atoms with E-state index in [1.807, 2.05) is 62.4 Å². The van der Waals surface area contributed by atoms with E-state index >= 15 is 0 Å². The Hall–Kier alpha value is -4.33. The van der Waals surface area contributed by atoms with Gasteiger partial charge in [0.15, 0.2) is 0 Å². The maximum absolute atomic E-state index is 13.3. The molecule has 3 amide bonds. The normalized spacial score (nSPS) is 13.2. The largest absolute Gasteiger partial charge is 0.488 e. The Labute approximate surface area is 196 Å². The fourth-order valence-corrected chi connectivity index (χ4v) is 4.02. The number of hydrogen-bond acceptors (Lipinski definition) is 5. The highest BCUT2D eigenvalue weighted by Gasteiger charge is 2.21. The first-order chi connectivity index (χ1) is 16.5. The van der Waals surface area contributed by atoms with E-state index in [2.05, 4.69) is 15.8 Å². The van der Waals surface area contributed by atoms with Gasteiger partial charge >= 0.3 is 6.03 Å². The number of carbonyl (C=O) groups is 2. The number of anilines is 2. The lowest BCUT2D eigenvalue weighted by Gasteiger charge is -2.16. The maximum atomic E-state index is 13.3. The Balaban J connectivity index is 1.40. The second kappa shape index (κ2) is 8.90. The number of aromatic nitrogens is 1. The molecule has 0 atom stereocenters. The van der Waals surface area contributed by atoms with Crippen LogP contribution in [0.4, 0.5) is 16.2 Å². The van der Waals surface area contributed by atoms with Crippen molar-refractivity contribution in [2.45, 2.75) is 20.5 Å². The summed E-state index contributed by atoms with van der Waals surface area (Å²) in [5.74, 6) is 0.879. The molecule has 8 nitrogen and oxygen atoms in total. The molecule has 0 unspecified atom stereocenters. The highest BCUT2D eigenvalue weighted by Crippen LogP contribution is 2.29. The van der Waals surface area contributed by atoms with Crippen molar-refractivity contribution < 1.29 is 18.8 Å². The van der Waals surface area contributed by atoms with Crippen LogP contribution in [0.1, 0.15) is 27.4 Å². The van der Waals surface area contributed by atoms with Crippen molar-refractivity contribution in [1.82, 2.24) is 10.5 Å². The molecule has 1 fully saturated rings. The number of nitrogens with zero attached hydrogens (tertiary/aromatic N) is 2. The van der Waals surface area contributed by atoms with Gasteiger partial charge in [0, 0.05) is 24.5 Å². The smallest absolute Gasteiger partial charge is 0.321 e. The molecule has 34 heavy (non-hydrogen) atoms. The molecule has 4 aromatic rings. The van der Waals surface area contributed by atoms with Gasteiger partial charge in [-0.05, 0) is 61.0 Å². The number of ether oxygens (including phenoxy) is 1. The van der Waals surface area contributed by atoms with Gasteiger partial charge in [0.1, 0.15) is 18.1 Å². The number of nitrogens with one attached hydrogen (secondary N) is 2. The minimum absolute atomic E-state index is 0.118. The summed E-state index contributed by atoms with van der Waals surface area (Å²) in [6.45, 7) is 5.18. The molecule has 172 valence electrons. The van der Waals surface area contributed by atoms with Gasteiger partial charge in [0.2, 0.25) is 0 Å². The topological polar surface area (TPSA) is 96.7 Å². The predicted octanol–water partition coefficient (Wildman–Crippen LogP) is 4.81. The van der Waals surface area contributed by atoms with E-state index in [1.165, 1.54) is 0 Å². The van der Waals surface area contributed by atoms with Gasteiger partial charge in [0.25, 0.3) is 5.91 Å². The number of benzene rings is 3. The summed E-state index contributed by atoms with van der Waals surface area (Å²) in [6, 6.07) is 18.6. The summed E-state index contributed by atoms with van der Waals surface area (Å²) in [7, 11) is 0. The molecule has 5 rings (SSSR count). The van der Waals surface area contributed by atoms with Crippen molar-refractivity contribution in [3.8, 4) is 5.75 Å². The van der Waals surface area contributed by atoms with Gasteiger partial charge in [-0.1, -0.05) is 29.4 Å². The molecule has 0 saturated carbocycles. The van der Waals surface area contributed by atoms with Crippen molar-refractivity contribution in [2.24, 2.45) is 0 Å². The van der Waals surface area contributed by atoms with Gasteiger partial charge in [-0.2, -0.15) is 0 Å². The molecule has 2 N–H and O–H groups in total. The lowest BCUT2D eigenvalue weighted by molar-refractivity contribution is 0.102. The molecule has 3 aromatic carbocycles. The number of fused-ring (bicyclic) bond motifs is 1. The fraction of sp³-hybridized carbons (Fsp3) is 0.192. The number of aryl methyl sites for hydroxylation is 2. The average Bonchev–Trinajstić information content (AvgIpc) is 3.42. The van der Waals surface area contributed by atoms with E-state index in [0.717, 1.165) is 27.7 Å². The maximum Gasteiger partial charge on any atom is 0.321 e. The Bertz CT molecular complexity index is 1360. The van der Waals surface area contributed by atoms with Crippen LogP contribution in [0.3, 0.4) is 0 Å². The molecule has 0 bridgehead atoms. The monoisotopic (exact) mass is 456 g/mol. The molecule has 8 heteroatoms. The number of amides is 3. The van der Waals surface area contributed by atoms with E-state index in [9.17, 15) is 9.59 Å². The number of hydrogen-bond donors (Lipinski definition) is 2. The van der Waals surface area contributed by atoms with Gasteiger partial charge in [0.05, 0.1) is 16.8 Å². The number of rotatable bonds is 6. The molecule has 1 aliphatic heterocycles. The van der Waals surface area contributed by atoms with Gasteiger partial charge in [-0.3, -0.25) is 9.69 Å². The molecule has 0 spiro atoms. The highest BCUT2D eigenvalue weighted by molar-refractivity contribution is 6.09. The Kier molecular flexibility index (Phi) is 5.63. The average molecular weight is 457 g/mol. The summed E-state index contributed by atoms with van der Waals surface area (Å²) < 4.78 is 11.3. The summed E-state index contributed by atoms with van der Waals surface area (Å²) >= 11 is 0. The quantitative estimate of drug-likeness (QED) is 0.434. The van der Waals surface area contributed by atoms with Gasteiger partial charge in [-0.15, -0.1) is 0 Å². The minimum atomic E-state index is -0.286. The molecular formula is C26H24N4O4. The van der Waals surface area contributed by atoms with Crippen LogP contribution >= 0.6 is 0 Å². The lowest BCUT2D eigenvalue weighted by atomic mass is 10.0. The summed E-state index contributed by atoms with van der Waals surface area (Å²) in [6.07, 6.45) is 0. The minimum Gasteiger partial charge on any atom is -0.488 e. The second-order valence-electron chi connectivity index (χ2n) is 8.17.